The molecule has 0 bridgehead atoms. The van der Waals surface area contributed by atoms with E-state index in [1.165, 1.54) is 19.3 Å². The Morgan fingerprint density at radius 1 is 1.11 bits per heavy atom. The maximum Gasteiger partial charge on any atom is 0.240 e. The lowest BCUT2D eigenvalue weighted by atomic mass is 10.1. The number of rotatable bonds is 6. The molecular weight excluding hydrogens is 418 g/mol. The number of halogens is 1. The molecule has 0 saturated carbocycles. The minimum Gasteiger partial charge on any atom is -0.353 e. The number of pyridine rings is 1. The largest absolute Gasteiger partial charge is 0.353 e. The SMILES string of the molecule is O=C(Cn1c(-c2ccc(Br)cc2)nc2cccnc21)NCCN1CCCCC1. The van der Waals surface area contributed by atoms with Gasteiger partial charge in [0.25, 0.3) is 0 Å². The predicted octanol–water partition coefficient (Wildman–Crippen LogP) is 3.46. The number of nitrogens with one attached hydrogen (secondary N) is 1. The van der Waals surface area contributed by atoms with E-state index in [0.717, 1.165) is 46.7 Å². The molecule has 1 amide bonds. The van der Waals surface area contributed by atoms with E-state index in [-0.39, 0.29) is 12.5 Å². The Bertz CT molecular complexity index is 947. The first-order valence-corrected chi connectivity index (χ1v) is 10.6. The molecule has 3 aromatic rings. The standard InChI is InChI=1S/C21H24BrN5O/c22-17-8-6-16(7-9-17)20-25-18-5-4-10-24-21(18)27(20)15-19(28)23-11-14-26-12-2-1-3-13-26/h4-10H,1-3,11-15H2,(H,23,28). The van der Waals surface area contributed by atoms with Gasteiger partial charge in [0.2, 0.25) is 5.91 Å². The summed E-state index contributed by atoms with van der Waals surface area (Å²) in [5, 5.41) is 3.06. The Hall–Kier alpha value is -2.25. The van der Waals surface area contributed by atoms with E-state index in [0.29, 0.717) is 6.54 Å². The highest BCUT2D eigenvalue weighted by molar-refractivity contribution is 9.10. The van der Waals surface area contributed by atoms with Crippen molar-refractivity contribution in [1.29, 1.82) is 0 Å². The number of carbonyl (C=O) groups is 1. The van der Waals surface area contributed by atoms with Crippen LogP contribution in [-0.2, 0) is 11.3 Å². The lowest BCUT2D eigenvalue weighted by molar-refractivity contribution is -0.121. The number of benzene rings is 1. The molecule has 146 valence electrons. The second kappa shape index (κ2) is 8.84. The van der Waals surface area contributed by atoms with Gasteiger partial charge in [-0.1, -0.05) is 34.5 Å². The summed E-state index contributed by atoms with van der Waals surface area (Å²) in [7, 11) is 0. The van der Waals surface area contributed by atoms with Gasteiger partial charge >= 0.3 is 0 Å². The number of hydrogen-bond donors (Lipinski definition) is 1. The van der Waals surface area contributed by atoms with Crippen molar-refractivity contribution in [2.75, 3.05) is 26.2 Å². The van der Waals surface area contributed by atoms with Gasteiger partial charge in [0.05, 0.1) is 0 Å². The molecule has 6 nitrogen and oxygen atoms in total. The molecule has 1 aliphatic heterocycles. The molecule has 4 rings (SSSR count). The van der Waals surface area contributed by atoms with Crippen molar-refractivity contribution in [2.45, 2.75) is 25.8 Å². The number of imidazole rings is 1. The van der Waals surface area contributed by atoms with Gasteiger partial charge in [-0.3, -0.25) is 9.36 Å². The molecule has 1 N–H and O–H groups in total. The van der Waals surface area contributed by atoms with Gasteiger partial charge in [0, 0.05) is 29.3 Å². The van der Waals surface area contributed by atoms with Crippen molar-refractivity contribution in [3.05, 3.63) is 47.1 Å². The Morgan fingerprint density at radius 3 is 2.68 bits per heavy atom. The normalized spacial score (nSPS) is 15.0. The summed E-state index contributed by atoms with van der Waals surface area (Å²) in [5.41, 5.74) is 2.48. The summed E-state index contributed by atoms with van der Waals surface area (Å²) in [6.45, 7) is 4.07. The second-order valence-electron chi connectivity index (χ2n) is 7.13. The molecule has 1 saturated heterocycles. The molecule has 1 aliphatic rings. The summed E-state index contributed by atoms with van der Waals surface area (Å²) in [4.78, 5) is 24.2. The number of carbonyl (C=O) groups excluding carboxylic acids is 1. The Kier molecular flexibility index (Phi) is 6.02. The summed E-state index contributed by atoms with van der Waals surface area (Å²) < 4.78 is 2.90. The van der Waals surface area contributed by atoms with Crippen molar-refractivity contribution in [2.24, 2.45) is 0 Å². The zero-order valence-electron chi connectivity index (χ0n) is 15.8. The highest BCUT2D eigenvalue weighted by atomic mass is 79.9. The van der Waals surface area contributed by atoms with Crippen molar-refractivity contribution in [3.8, 4) is 11.4 Å². The van der Waals surface area contributed by atoms with E-state index in [1.54, 1.807) is 6.20 Å². The Morgan fingerprint density at radius 2 is 1.89 bits per heavy atom. The third kappa shape index (κ3) is 4.42. The predicted molar refractivity (Wildman–Crippen MR) is 114 cm³/mol. The molecule has 1 fully saturated rings. The fraction of sp³-hybridized carbons (Fsp3) is 0.381. The first kappa shape index (κ1) is 19.1. The fourth-order valence-corrected chi connectivity index (χ4v) is 3.93. The molecule has 3 heterocycles. The van der Waals surface area contributed by atoms with Crippen LogP contribution in [-0.4, -0.2) is 51.5 Å². The fourth-order valence-electron chi connectivity index (χ4n) is 3.66. The zero-order valence-corrected chi connectivity index (χ0v) is 17.4. The van der Waals surface area contributed by atoms with Crippen LogP contribution >= 0.6 is 15.9 Å². The number of aromatic nitrogens is 3. The highest BCUT2D eigenvalue weighted by Gasteiger charge is 2.16. The van der Waals surface area contributed by atoms with Crippen LogP contribution in [0.15, 0.2) is 47.1 Å². The van der Waals surface area contributed by atoms with Crippen LogP contribution in [0.3, 0.4) is 0 Å². The molecular formula is C21H24BrN5O. The summed E-state index contributed by atoms with van der Waals surface area (Å²) in [5.74, 6) is 0.743. The van der Waals surface area contributed by atoms with Crippen molar-refractivity contribution < 1.29 is 4.79 Å². The number of nitrogens with zero attached hydrogens (tertiary/aromatic N) is 4. The minimum absolute atomic E-state index is 0.0136. The third-order valence-corrected chi connectivity index (χ3v) is 5.64. The molecule has 0 unspecified atom stereocenters. The van der Waals surface area contributed by atoms with Crippen molar-refractivity contribution in [3.63, 3.8) is 0 Å². The lowest BCUT2D eigenvalue weighted by Crippen LogP contribution is -2.38. The number of amides is 1. The van der Waals surface area contributed by atoms with Crippen LogP contribution in [0, 0.1) is 0 Å². The van der Waals surface area contributed by atoms with Crippen molar-refractivity contribution >= 4 is 33.0 Å². The molecule has 0 atom stereocenters. The summed E-state index contributed by atoms with van der Waals surface area (Å²) >= 11 is 3.47. The van der Waals surface area contributed by atoms with E-state index in [1.807, 2.05) is 41.0 Å². The van der Waals surface area contributed by atoms with E-state index in [4.69, 9.17) is 4.98 Å². The van der Waals surface area contributed by atoms with Crippen LogP contribution in [0.1, 0.15) is 19.3 Å². The second-order valence-corrected chi connectivity index (χ2v) is 8.04. The quantitative estimate of drug-likeness (QED) is 0.635. The Balaban J connectivity index is 1.49. The van der Waals surface area contributed by atoms with Gasteiger partial charge in [-0.05, 0) is 50.2 Å². The zero-order chi connectivity index (χ0) is 19.3. The van der Waals surface area contributed by atoms with E-state index in [9.17, 15) is 4.79 Å². The number of likely N-dealkylation sites (tertiary alicyclic amines) is 1. The van der Waals surface area contributed by atoms with Gasteiger partial charge in [-0.15, -0.1) is 0 Å². The maximum atomic E-state index is 12.6. The van der Waals surface area contributed by atoms with Crippen LogP contribution < -0.4 is 5.32 Å². The van der Waals surface area contributed by atoms with Gasteiger partial charge < -0.3 is 10.2 Å². The van der Waals surface area contributed by atoms with Gasteiger partial charge in [-0.2, -0.15) is 0 Å². The number of fused-ring (bicyclic) bond motifs is 1. The summed E-state index contributed by atoms with van der Waals surface area (Å²) in [6.07, 6.45) is 5.58. The van der Waals surface area contributed by atoms with Crippen molar-refractivity contribution in [1.82, 2.24) is 24.8 Å². The summed E-state index contributed by atoms with van der Waals surface area (Å²) in [6, 6.07) is 11.7. The molecule has 0 spiro atoms. The van der Waals surface area contributed by atoms with Gasteiger partial charge in [-0.25, -0.2) is 9.97 Å². The molecule has 7 heteroatoms. The topological polar surface area (TPSA) is 63.1 Å². The average molecular weight is 442 g/mol. The highest BCUT2D eigenvalue weighted by Crippen LogP contribution is 2.25. The van der Waals surface area contributed by atoms with E-state index >= 15 is 0 Å². The first-order valence-electron chi connectivity index (χ1n) is 9.77. The molecule has 0 radical (unpaired) electrons. The van der Waals surface area contributed by atoms with E-state index < -0.39 is 0 Å². The average Bonchev–Trinajstić information content (AvgIpc) is 3.08. The Labute approximate surface area is 173 Å². The first-order chi connectivity index (χ1) is 13.7. The molecule has 1 aromatic carbocycles. The van der Waals surface area contributed by atoms with E-state index in [2.05, 4.69) is 31.1 Å². The minimum atomic E-state index is -0.0136. The van der Waals surface area contributed by atoms with Crippen LogP contribution in [0.2, 0.25) is 0 Å². The maximum absolute atomic E-state index is 12.6. The monoisotopic (exact) mass is 441 g/mol. The number of hydrogen-bond acceptors (Lipinski definition) is 4. The third-order valence-electron chi connectivity index (χ3n) is 5.11. The van der Waals surface area contributed by atoms with Crippen LogP contribution in [0.5, 0.6) is 0 Å². The number of piperidine rings is 1. The van der Waals surface area contributed by atoms with Crippen LogP contribution in [0.25, 0.3) is 22.6 Å². The van der Waals surface area contributed by atoms with Crippen LogP contribution in [0.4, 0.5) is 0 Å². The van der Waals surface area contributed by atoms with Gasteiger partial charge in [0.15, 0.2) is 5.65 Å². The molecule has 0 aliphatic carbocycles. The molecule has 2 aromatic heterocycles. The smallest absolute Gasteiger partial charge is 0.240 e. The lowest BCUT2D eigenvalue weighted by Gasteiger charge is -2.26. The van der Waals surface area contributed by atoms with Gasteiger partial charge in [0.1, 0.15) is 17.9 Å². The molecule has 28 heavy (non-hydrogen) atoms.